The predicted molar refractivity (Wildman–Crippen MR) is 67.7 cm³/mol. The number of fused-ring (bicyclic) bond motifs is 1. The Bertz CT molecular complexity index is 488. The van der Waals surface area contributed by atoms with Crippen molar-refractivity contribution >= 4 is 33.2 Å². The van der Waals surface area contributed by atoms with Gasteiger partial charge in [0.2, 0.25) is 5.91 Å². The third-order valence-electron chi connectivity index (χ3n) is 3.19. The SMILES string of the molecule is O=C1CCN(C2CC2)c2cc(F)c(Br)cc2N1. The van der Waals surface area contributed by atoms with E-state index in [0.717, 1.165) is 18.5 Å². The molecule has 0 radical (unpaired) electrons. The van der Waals surface area contributed by atoms with E-state index in [0.29, 0.717) is 29.2 Å². The van der Waals surface area contributed by atoms with E-state index in [9.17, 15) is 9.18 Å². The molecule has 1 aromatic carbocycles. The van der Waals surface area contributed by atoms with E-state index in [1.165, 1.54) is 6.07 Å². The third kappa shape index (κ3) is 2.04. The van der Waals surface area contributed by atoms with Crippen molar-refractivity contribution in [2.75, 3.05) is 16.8 Å². The zero-order chi connectivity index (χ0) is 12.0. The van der Waals surface area contributed by atoms with Crippen molar-refractivity contribution in [2.45, 2.75) is 25.3 Å². The fourth-order valence-electron chi connectivity index (χ4n) is 2.19. The van der Waals surface area contributed by atoms with Crippen LogP contribution < -0.4 is 10.2 Å². The molecule has 17 heavy (non-hydrogen) atoms. The normalized spacial score (nSPS) is 19.6. The fraction of sp³-hybridized carbons (Fsp3) is 0.417. The number of hydrogen-bond donors (Lipinski definition) is 1. The highest BCUT2D eigenvalue weighted by Gasteiger charge is 2.33. The molecule has 2 aliphatic rings. The predicted octanol–water partition coefficient (Wildman–Crippen LogP) is 2.90. The molecule has 1 aliphatic heterocycles. The molecule has 0 spiro atoms. The summed E-state index contributed by atoms with van der Waals surface area (Å²) in [4.78, 5) is 13.7. The lowest BCUT2D eigenvalue weighted by Gasteiger charge is -2.24. The van der Waals surface area contributed by atoms with E-state index >= 15 is 0 Å². The number of nitrogens with one attached hydrogen (secondary N) is 1. The van der Waals surface area contributed by atoms with Crippen molar-refractivity contribution < 1.29 is 9.18 Å². The Morgan fingerprint density at radius 3 is 2.88 bits per heavy atom. The standard InChI is InChI=1S/C12H12BrFN2O/c13-8-5-10-11(6-9(8)14)16(7-1-2-7)4-3-12(17)15-10/h5-7H,1-4H2,(H,15,17). The zero-order valence-corrected chi connectivity index (χ0v) is 10.8. The summed E-state index contributed by atoms with van der Waals surface area (Å²) in [5.41, 5.74) is 1.51. The van der Waals surface area contributed by atoms with Crippen LogP contribution in [0.25, 0.3) is 0 Å². The molecule has 1 saturated carbocycles. The van der Waals surface area contributed by atoms with Gasteiger partial charge >= 0.3 is 0 Å². The van der Waals surface area contributed by atoms with Crippen LogP contribution in [0, 0.1) is 5.82 Å². The first-order valence-electron chi connectivity index (χ1n) is 5.70. The van der Waals surface area contributed by atoms with Crippen LogP contribution >= 0.6 is 15.9 Å². The molecule has 3 nitrogen and oxygen atoms in total. The van der Waals surface area contributed by atoms with Crippen molar-refractivity contribution in [3.63, 3.8) is 0 Å². The van der Waals surface area contributed by atoms with Gasteiger partial charge < -0.3 is 10.2 Å². The van der Waals surface area contributed by atoms with E-state index in [1.807, 2.05) is 0 Å². The Morgan fingerprint density at radius 2 is 2.18 bits per heavy atom. The second-order valence-corrected chi connectivity index (χ2v) is 5.36. The minimum Gasteiger partial charge on any atom is -0.366 e. The maximum absolute atomic E-state index is 13.6. The number of carbonyl (C=O) groups is 1. The number of amides is 1. The van der Waals surface area contributed by atoms with Gasteiger partial charge in [-0.05, 0) is 34.8 Å². The number of nitrogens with zero attached hydrogens (tertiary/aromatic N) is 1. The lowest BCUT2D eigenvalue weighted by Crippen LogP contribution is -2.26. The molecule has 0 unspecified atom stereocenters. The van der Waals surface area contributed by atoms with Crippen LogP contribution in [-0.4, -0.2) is 18.5 Å². The molecule has 0 saturated heterocycles. The fourth-order valence-corrected chi connectivity index (χ4v) is 2.54. The van der Waals surface area contributed by atoms with Crippen molar-refractivity contribution in [1.82, 2.24) is 0 Å². The van der Waals surface area contributed by atoms with Gasteiger partial charge in [-0.15, -0.1) is 0 Å². The summed E-state index contributed by atoms with van der Waals surface area (Å²) in [7, 11) is 0. The van der Waals surface area contributed by atoms with E-state index in [-0.39, 0.29) is 11.7 Å². The van der Waals surface area contributed by atoms with Crippen LogP contribution in [0.1, 0.15) is 19.3 Å². The van der Waals surface area contributed by atoms with Crippen molar-refractivity contribution in [3.05, 3.63) is 22.4 Å². The van der Waals surface area contributed by atoms with E-state index in [4.69, 9.17) is 0 Å². The molecule has 1 amide bonds. The first-order valence-corrected chi connectivity index (χ1v) is 6.50. The molecule has 5 heteroatoms. The van der Waals surface area contributed by atoms with Crippen LogP contribution in [0.15, 0.2) is 16.6 Å². The Balaban J connectivity index is 2.08. The number of benzene rings is 1. The highest BCUT2D eigenvalue weighted by molar-refractivity contribution is 9.10. The second-order valence-electron chi connectivity index (χ2n) is 4.51. The summed E-state index contributed by atoms with van der Waals surface area (Å²) in [6.07, 6.45) is 2.72. The summed E-state index contributed by atoms with van der Waals surface area (Å²) >= 11 is 3.15. The monoisotopic (exact) mass is 298 g/mol. The van der Waals surface area contributed by atoms with Gasteiger partial charge in [-0.2, -0.15) is 0 Å². The maximum Gasteiger partial charge on any atom is 0.226 e. The summed E-state index contributed by atoms with van der Waals surface area (Å²) in [6.45, 7) is 0.671. The first kappa shape index (κ1) is 11.0. The highest BCUT2D eigenvalue weighted by atomic mass is 79.9. The van der Waals surface area contributed by atoms with Crippen LogP contribution in [-0.2, 0) is 4.79 Å². The van der Waals surface area contributed by atoms with Gasteiger partial charge in [-0.3, -0.25) is 4.79 Å². The van der Waals surface area contributed by atoms with Gasteiger partial charge in [-0.1, -0.05) is 0 Å². The van der Waals surface area contributed by atoms with E-state index in [2.05, 4.69) is 26.1 Å². The first-order chi connectivity index (χ1) is 8.15. The van der Waals surface area contributed by atoms with Gasteiger partial charge in [0.25, 0.3) is 0 Å². The zero-order valence-electron chi connectivity index (χ0n) is 9.17. The van der Waals surface area contributed by atoms with Gasteiger partial charge in [0, 0.05) is 25.1 Å². The Hall–Kier alpha value is -1.10. The van der Waals surface area contributed by atoms with Crippen molar-refractivity contribution in [2.24, 2.45) is 0 Å². The van der Waals surface area contributed by atoms with Gasteiger partial charge in [-0.25, -0.2) is 4.39 Å². The molecule has 90 valence electrons. The van der Waals surface area contributed by atoms with Crippen molar-refractivity contribution in [3.8, 4) is 0 Å². The molecular weight excluding hydrogens is 287 g/mol. The number of rotatable bonds is 1. The largest absolute Gasteiger partial charge is 0.366 e. The van der Waals surface area contributed by atoms with Crippen LogP contribution in [0.3, 0.4) is 0 Å². The summed E-state index contributed by atoms with van der Waals surface area (Å²) in [6, 6.07) is 3.62. The summed E-state index contributed by atoms with van der Waals surface area (Å²) < 4.78 is 14.0. The van der Waals surface area contributed by atoms with Crippen LogP contribution in [0.4, 0.5) is 15.8 Å². The molecule has 1 fully saturated rings. The summed E-state index contributed by atoms with van der Waals surface area (Å²) in [5, 5.41) is 2.83. The molecule has 1 aromatic rings. The molecular formula is C12H12BrFN2O. The summed E-state index contributed by atoms with van der Waals surface area (Å²) in [5.74, 6) is -0.293. The second kappa shape index (κ2) is 3.98. The number of halogens is 2. The van der Waals surface area contributed by atoms with Crippen LogP contribution in [0.5, 0.6) is 0 Å². The molecule has 1 N–H and O–H groups in total. The minimum atomic E-state index is -0.287. The molecule has 0 bridgehead atoms. The van der Waals surface area contributed by atoms with Gasteiger partial charge in [0.15, 0.2) is 0 Å². The third-order valence-corrected chi connectivity index (χ3v) is 3.80. The maximum atomic E-state index is 13.6. The minimum absolute atomic E-state index is 0.00657. The molecule has 1 heterocycles. The number of anilines is 2. The van der Waals surface area contributed by atoms with Crippen LogP contribution in [0.2, 0.25) is 0 Å². The van der Waals surface area contributed by atoms with Gasteiger partial charge in [0.1, 0.15) is 5.82 Å². The Morgan fingerprint density at radius 1 is 1.41 bits per heavy atom. The Kier molecular flexibility index (Phi) is 2.58. The average molecular weight is 299 g/mol. The van der Waals surface area contributed by atoms with E-state index in [1.54, 1.807) is 6.07 Å². The average Bonchev–Trinajstić information content (AvgIpc) is 3.08. The molecule has 0 atom stereocenters. The quantitative estimate of drug-likeness (QED) is 0.865. The molecule has 3 rings (SSSR count). The van der Waals surface area contributed by atoms with Gasteiger partial charge in [0.05, 0.1) is 15.8 Å². The lowest BCUT2D eigenvalue weighted by molar-refractivity contribution is -0.115. The van der Waals surface area contributed by atoms with Crippen molar-refractivity contribution in [1.29, 1.82) is 0 Å². The number of hydrogen-bond acceptors (Lipinski definition) is 2. The lowest BCUT2D eigenvalue weighted by atomic mass is 10.2. The number of carbonyl (C=O) groups excluding carboxylic acids is 1. The topological polar surface area (TPSA) is 32.3 Å². The van der Waals surface area contributed by atoms with E-state index < -0.39 is 0 Å². The highest BCUT2D eigenvalue weighted by Crippen LogP contribution is 2.39. The smallest absolute Gasteiger partial charge is 0.226 e. The molecule has 0 aromatic heterocycles. The molecule has 1 aliphatic carbocycles. The Labute approximate surface area is 107 Å².